The average Bonchev–Trinajstić information content (AvgIpc) is 2.55. The maximum atomic E-state index is 12.3. The molecule has 2 aromatic rings. The first-order valence-corrected chi connectivity index (χ1v) is 9.42. The van der Waals surface area contributed by atoms with Gasteiger partial charge in [-0.25, -0.2) is 0 Å². The number of para-hydroxylation sites is 1. The number of thioether (sulfide) groups is 2. The highest BCUT2D eigenvalue weighted by Gasteiger charge is 2.15. The van der Waals surface area contributed by atoms with E-state index in [1.54, 1.807) is 23.5 Å². The lowest BCUT2D eigenvalue weighted by atomic mass is 10.2. The zero-order valence-corrected chi connectivity index (χ0v) is 14.5. The molecular formula is C18H21NOS2. The van der Waals surface area contributed by atoms with Gasteiger partial charge in [0.25, 0.3) is 0 Å². The Kier molecular flexibility index (Phi) is 6.87. The number of hydrogen-bond donors (Lipinski definition) is 1. The Morgan fingerprint density at radius 3 is 2.50 bits per heavy atom. The summed E-state index contributed by atoms with van der Waals surface area (Å²) in [6, 6.07) is 18.2. The van der Waals surface area contributed by atoms with Gasteiger partial charge in [-0.3, -0.25) is 4.79 Å². The quantitative estimate of drug-likeness (QED) is 0.719. The summed E-state index contributed by atoms with van der Waals surface area (Å²) in [5.74, 6) is 1.90. The minimum atomic E-state index is -0.0834. The van der Waals surface area contributed by atoms with Gasteiger partial charge in [-0.1, -0.05) is 49.4 Å². The van der Waals surface area contributed by atoms with E-state index in [0.29, 0.717) is 0 Å². The van der Waals surface area contributed by atoms with Crippen molar-refractivity contribution in [3.8, 4) is 0 Å². The van der Waals surface area contributed by atoms with Crippen molar-refractivity contribution in [3.63, 3.8) is 0 Å². The zero-order chi connectivity index (χ0) is 15.8. The van der Waals surface area contributed by atoms with Crippen molar-refractivity contribution >= 4 is 35.1 Å². The normalized spacial score (nSPS) is 11.9. The van der Waals surface area contributed by atoms with Crippen molar-refractivity contribution in [2.75, 3.05) is 11.1 Å². The van der Waals surface area contributed by atoms with Crippen LogP contribution in [0.1, 0.15) is 19.4 Å². The Balaban J connectivity index is 1.91. The van der Waals surface area contributed by atoms with Crippen LogP contribution in [0.2, 0.25) is 0 Å². The van der Waals surface area contributed by atoms with Gasteiger partial charge < -0.3 is 5.32 Å². The second-order valence-corrected chi connectivity index (χ2v) is 7.49. The summed E-state index contributed by atoms with van der Waals surface area (Å²) >= 11 is 3.40. The molecule has 116 valence electrons. The Labute approximate surface area is 141 Å². The average molecular weight is 332 g/mol. The van der Waals surface area contributed by atoms with E-state index in [1.807, 2.05) is 49.4 Å². The van der Waals surface area contributed by atoms with Crippen LogP contribution in [-0.4, -0.2) is 16.9 Å². The summed E-state index contributed by atoms with van der Waals surface area (Å²) in [5.41, 5.74) is 2.15. The molecule has 0 spiro atoms. The number of carbonyl (C=O) groups excluding carboxylic acids is 1. The van der Waals surface area contributed by atoms with Gasteiger partial charge in [-0.05, 0) is 30.4 Å². The molecule has 0 aliphatic rings. The molecule has 1 amide bonds. The van der Waals surface area contributed by atoms with Gasteiger partial charge in [0, 0.05) is 10.6 Å². The minimum absolute atomic E-state index is 0.0603. The van der Waals surface area contributed by atoms with Crippen molar-refractivity contribution in [1.82, 2.24) is 0 Å². The molecule has 2 nitrogen and oxygen atoms in total. The number of benzene rings is 2. The maximum absolute atomic E-state index is 12.3. The fourth-order valence-electron chi connectivity index (χ4n) is 1.96. The topological polar surface area (TPSA) is 29.1 Å². The number of nitrogens with one attached hydrogen (secondary N) is 1. The van der Waals surface area contributed by atoms with Gasteiger partial charge in [0.2, 0.25) is 5.91 Å². The van der Waals surface area contributed by atoms with Crippen LogP contribution in [0, 0.1) is 0 Å². The van der Waals surface area contributed by atoms with Crippen LogP contribution in [0.25, 0.3) is 0 Å². The van der Waals surface area contributed by atoms with Crippen molar-refractivity contribution in [1.29, 1.82) is 0 Å². The fraction of sp³-hybridized carbons (Fsp3) is 0.278. The molecule has 4 heteroatoms. The summed E-state index contributed by atoms with van der Waals surface area (Å²) in [5, 5.41) is 2.97. The van der Waals surface area contributed by atoms with E-state index >= 15 is 0 Å². The number of carbonyl (C=O) groups is 1. The van der Waals surface area contributed by atoms with E-state index < -0.39 is 0 Å². The molecular weight excluding hydrogens is 310 g/mol. The van der Waals surface area contributed by atoms with Gasteiger partial charge in [-0.2, -0.15) is 0 Å². The maximum Gasteiger partial charge on any atom is 0.237 e. The van der Waals surface area contributed by atoms with Gasteiger partial charge in [0.05, 0.1) is 10.9 Å². The van der Waals surface area contributed by atoms with Crippen LogP contribution < -0.4 is 5.32 Å². The lowest BCUT2D eigenvalue weighted by Crippen LogP contribution is -2.22. The van der Waals surface area contributed by atoms with E-state index in [0.717, 1.165) is 22.1 Å². The van der Waals surface area contributed by atoms with Crippen molar-refractivity contribution in [3.05, 3.63) is 60.2 Å². The third kappa shape index (κ3) is 5.11. The summed E-state index contributed by atoms with van der Waals surface area (Å²) in [6.07, 6.45) is 0. The SMILES string of the molecule is CCSc1ccccc1NC(=O)[C@H](C)SCc1ccccc1. The van der Waals surface area contributed by atoms with E-state index in [-0.39, 0.29) is 11.2 Å². The molecule has 1 atom stereocenters. The monoisotopic (exact) mass is 331 g/mol. The first-order chi connectivity index (χ1) is 10.7. The number of amides is 1. The fourth-order valence-corrected chi connectivity index (χ4v) is 3.56. The molecule has 2 aromatic carbocycles. The standard InChI is InChI=1S/C18H21NOS2/c1-3-21-17-12-8-7-11-16(17)19-18(20)14(2)22-13-15-9-5-4-6-10-15/h4-12,14H,3,13H2,1-2H3,(H,19,20)/t14-/m0/s1. The Morgan fingerprint density at radius 2 is 1.77 bits per heavy atom. The first kappa shape index (κ1) is 17.0. The molecule has 2 rings (SSSR count). The Hall–Kier alpha value is -1.39. The van der Waals surface area contributed by atoms with Gasteiger partial charge in [-0.15, -0.1) is 23.5 Å². The molecule has 1 N–H and O–H groups in total. The summed E-state index contributed by atoms with van der Waals surface area (Å²) in [6.45, 7) is 4.07. The first-order valence-electron chi connectivity index (χ1n) is 7.39. The smallest absolute Gasteiger partial charge is 0.237 e. The molecule has 0 radical (unpaired) electrons. The molecule has 0 aliphatic carbocycles. The van der Waals surface area contributed by atoms with Crippen LogP contribution in [0.3, 0.4) is 0 Å². The number of hydrogen-bond acceptors (Lipinski definition) is 3. The van der Waals surface area contributed by atoms with E-state index in [2.05, 4.69) is 24.4 Å². The van der Waals surface area contributed by atoms with E-state index in [1.165, 1.54) is 5.56 Å². The molecule has 22 heavy (non-hydrogen) atoms. The van der Waals surface area contributed by atoms with Crippen LogP contribution in [0.5, 0.6) is 0 Å². The second kappa shape index (κ2) is 8.91. The third-order valence-corrected chi connectivity index (χ3v) is 5.33. The Bertz CT molecular complexity index is 601. The predicted molar refractivity (Wildman–Crippen MR) is 98.7 cm³/mol. The molecule has 0 heterocycles. The molecule has 0 aliphatic heterocycles. The second-order valence-electron chi connectivity index (χ2n) is 4.86. The van der Waals surface area contributed by atoms with Gasteiger partial charge >= 0.3 is 0 Å². The molecule has 0 saturated carbocycles. The zero-order valence-electron chi connectivity index (χ0n) is 12.9. The molecule has 0 bridgehead atoms. The van der Waals surface area contributed by atoms with E-state index in [9.17, 15) is 4.79 Å². The minimum Gasteiger partial charge on any atom is -0.324 e. The van der Waals surface area contributed by atoms with Crippen molar-refractivity contribution in [2.24, 2.45) is 0 Å². The van der Waals surface area contributed by atoms with Gasteiger partial charge in [0.1, 0.15) is 0 Å². The lowest BCUT2D eigenvalue weighted by Gasteiger charge is -2.14. The summed E-state index contributed by atoms with van der Waals surface area (Å²) in [4.78, 5) is 13.5. The van der Waals surface area contributed by atoms with E-state index in [4.69, 9.17) is 0 Å². The molecule has 0 fully saturated rings. The van der Waals surface area contributed by atoms with Crippen LogP contribution in [-0.2, 0) is 10.5 Å². The largest absolute Gasteiger partial charge is 0.324 e. The van der Waals surface area contributed by atoms with Gasteiger partial charge in [0.15, 0.2) is 0 Å². The predicted octanol–water partition coefficient (Wildman–Crippen LogP) is 5.06. The summed E-state index contributed by atoms with van der Waals surface area (Å²) in [7, 11) is 0. The van der Waals surface area contributed by atoms with Crippen molar-refractivity contribution in [2.45, 2.75) is 29.7 Å². The third-order valence-electron chi connectivity index (χ3n) is 3.16. The highest BCUT2D eigenvalue weighted by Crippen LogP contribution is 2.27. The Morgan fingerprint density at radius 1 is 1.09 bits per heavy atom. The van der Waals surface area contributed by atoms with Crippen molar-refractivity contribution < 1.29 is 4.79 Å². The highest BCUT2D eigenvalue weighted by molar-refractivity contribution is 8.00. The van der Waals surface area contributed by atoms with Crippen LogP contribution in [0.15, 0.2) is 59.5 Å². The van der Waals surface area contributed by atoms with Crippen LogP contribution >= 0.6 is 23.5 Å². The molecule has 0 aromatic heterocycles. The molecule has 0 unspecified atom stereocenters. The number of rotatable bonds is 7. The molecule has 0 saturated heterocycles. The summed E-state index contributed by atoms with van der Waals surface area (Å²) < 4.78 is 0. The van der Waals surface area contributed by atoms with Crippen LogP contribution in [0.4, 0.5) is 5.69 Å². The lowest BCUT2D eigenvalue weighted by molar-refractivity contribution is -0.115. The highest BCUT2D eigenvalue weighted by atomic mass is 32.2. The number of anilines is 1.